The molecule has 4 aromatic carbocycles. The number of carbonyl (C=O) groups excluding carboxylic acids is 3. The number of alkyl halides is 2. The van der Waals surface area contributed by atoms with Crippen LogP contribution in [0.1, 0.15) is 88.8 Å². The van der Waals surface area contributed by atoms with E-state index < -0.39 is 36.9 Å². The number of amides is 2. The Bertz CT molecular complexity index is 2610. The first kappa shape index (κ1) is 47.9. The van der Waals surface area contributed by atoms with E-state index in [-0.39, 0.29) is 46.6 Å². The van der Waals surface area contributed by atoms with Crippen molar-refractivity contribution in [1.82, 2.24) is 15.1 Å². The zero-order valence-corrected chi connectivity index (χ0v) is 39.2. The van der Waals surface area contributed by atoms with E-state index in [1.165, 1.54) is 23.1 Å². The molecule has 5 heterocycles. The number of esters is 1. The molecule has 10 rings (SSSR count). The van der Waals surface area contributed by atoms with Gasteiger partial charge in [-0.1, -0.05) is 83.9 Å². The number of aromatic nitrogens is 1. The lowest BCUT2D eigenvalue weighted by Crippen LogP contribution is -2.52. The Morgan fingerprint density at radius 1 is 0.797 bits per heavy atom. The number of fused-ring (bicyclic) bond motifs is 3. The van der Waals surface area contributed by atoms with Gasteiger partial charge in [-0.25, -0.2) is 9.59 Å². The standard InChI is InChI=1S/C52H52Cl2F2N4O9/c53-41-27-59(64)28-42(54)40(41)26-45(36-16-17-44(68-51(55)56)46(25-36)66-30-32-14-15-32)67-50(62)43-13-6-20-60(43)49(61)38-11-4-7-33(23-38)31-65-39-12-5-10-37(24-39)48(35-8-2-1-3-9-35)57-52(63)69-47-29-58-21-18-34(47)19-22-58/h1-5,7-12,16-17,23-25,27-28,32,34,43,45,47-48,51H,6,13-15,18-22,26,29-31H2,(H,57,63)/t43-,45-,47-,48-/m0/s1. The van der Waals surface area contributed by atoms with E-state index in [1.807, 2.05) is 60.7 Å². The fourth-order valence-electron chi connectivity index (χ4n) is 9.38. The number of carbonyl (C=O) groups is 3. The lowest BCUT2D eigenvalue weighted by atomic mass is 9.86. The number of rotatable bonds is 18. The fourth-order valence-corrected chi connectivity index (χ4v) is 9.98. The highest BCUT2D eigenvalue weighted by molar-refractivity contribution is 6.35. The van der Waals surface area contributed by atoms with Gasteiger partial charge in [0.05, 0.1) is 12.6 Å². The zero-order valence-electron chi connectivity index (χ0n) is 37.7. The molecule has 1 saturated carbocycles. The van der Waals surface area contributed by atoms with Gasteiger partial charge in [0.15, 0.2) is 23.9 Å². The maximum atomic E-state index is 14.2. The summed E-state index contributed by atoms with van der Waals surface area (Å²) in [7, 11) is 0. The minimum atomic E-state index is -3.11. The second-order valence-corrected chi connectivity index (χ2v) is 18.9. The van der Waals surface area contributed by atoms with Gasteiger partial charge in [-0.05, 0) is 122 Å². The first-order valence-corrected chi connectivity index (χ1v) is 24.1. The van der Waals surface area contributed by atoms with Gasteiger partial charge in [-0.2, -0.15) is 13.5 Å². The molecule has 1 N–H and O–H groups in total. The first-order valence-electron chi connectivity index (χ1n) is 23.3. The molecule has 0 spiro atoms. The minimum absolute atomic E-state index is 0.0284. The third-order valence-corrected chi connectivity index (χ3v) is 13.9. The number of benzene rings is 4. The van der Waals surface area contributed by atoms with Crippen molar-refractivity contribution in [3.05, 3.63) is 158 Å². The van der Waals surface area contributed by atoms with Gasteiger partial charge in [0.25, 0.3) is 5.91 Å². The van der Waals surface area contributed by atoms with E-state index in [1.54, 1.807) is 18.2 Å². The molecule has 4 aliphatic heterocycles. The number of alkyl carbamates (subject to hydrolysis) is 1. The zero-order chi connectivity index (χ0) is 48.0. The highest BCUT2D eigenvalue weighted by Gasteiger charge is 2.39. The maximum Gasteiger partial charge on any atom is 0.408 e. The van der Waals surface area contributed by atoms with E-state index in [0.717, 1.165) is 68.8 Å². The summed E-state index contributed by atoms with van der Waals surface area (Å²) >= 11 is 13.0. The Morgan fingerprint density at radius 2 is 1.55 bits per heavy atom. The second kappa shape index (κ2) is 21.6. The normalized spacial score (nSPS) is 20.5. The lowest BCUT2D eigenvalue weighted by Gasteiger charge is -2.43. The Hall–Kier alpha value is -6.16. The summed E-state index contributed by atoms with van der Waals surface area (Å²) in [4.78, 5) is 45.7. The number of hydrogen-bond donors (Lipinski definition) is 1. The number of likely N-dealkylation sites (tertiary alicyclic amines) is 1. The number of halogens is 4. The maximum absolute atomic E-state index is 14.2. The Balaban J connectivity index is 0.883. The molecule has 0 radical (unpaired) electrons. The SMILES string of the molecule is O=C(N[C@@H](c1ccccc1)c1cccc(OCc2cccc(C(=O)N3CCC[C@H]3C(=O)O[C@@H](Cc3c(Cl)c[n+]([O-])cc3Cl)c3ccc(OC(F)F)c(OCC4CC4)c3)c2)c1)O[C@H]1CN2CCC1CC2. The molecular weight excluding hydrogens is 933 g/mol. The second-order valence-electron chi connectivity index (χ2n) is 18.0. The summed E-state index contributed by atoms with van der Waals surface area (Å²) in [6, 6.07) is 27.0. The van der Waals surface area contributed by atoms with Crippen LogP contribution in [0.15, 0.2) is 109 Å². The van der Waals surface area contributed by atoms with Gasteiger partial charge < -0.3 is 39.1 Å². The van der Waals surface area contributed by atoms with E-state index in [2.05, 4.69) is 10.2 Å². The average molecular weight is 986 g/mol. The molecule has 2 bridgehead atoms. The fraction of sp³-hybridized carbons (Fsp3) is 0.385. The first-order chi connectivity index (χ1) is 33.4. The molecule has 17 heteroatoms. The molecule has 362 valence electrons. The van der Waals surface area contributed by atoms with Crippen LogP contribution in [0.2, 0.25) is 10.0 Å². The highest BCUT2D eigenvalue weighted by atomic mass is 35.5. The van der Waals surface area contributed by atoms with E-state index in [0.29, 0.717) is 70.6 Å². The molecule has 0 unspecified atom stereocenters. The molecule has 5 aliphatic rings. The molecule has 2 amide bonds. The quantitative estimate of drug-likeness (QED) is 0.0513. The molecular formula is C52H52Cl2F2N4O9. The molecule has 4 saturated heterocycles. The van der Waals surface area contributed by atoms with Crippen LogP contribution in [0.25, 0.3) is 0 Å². The summed E-state index contributed by atoms with van der Waals surface area (Å²) in [5, 5.41) is 15.3. The van der Waals surface area contributed by atoms with E-state index >= 15 is 0 Å². The van der Waals surface area contributed by atoms with Crippen LogP contribution in [0.5, 0.6) is 17.2 Å². The third kappa shape index (κ3) is 12.0. The van der Waals surface area contributed by atoms with Crippen LogP contribution in [-0.4, -0.2) is 79.3 Å². The summed E-state index contributed by atoms with van der Waals surface area (Å²) < 4.78 is 56.4. The van der Waals surface area contributed by atoms with Crippen molar-refractivity contribution in [2.75, 3.05) is 32.8 Å². The Labute approximate surface area is 408 Å². The van der Waals surface area contributed by atoms with Crippen LogP contribution >= 0.6 is 23.2 Å². The molecule has 1 aliphatic carbocycles. The molecule has 4 atom stereocenters. The van der Waals surface area contributed by atoms with Gasteiger partial charge in [0, 0.05) is 30.6 Å². The van der Waals surface area contributed by atoms with Crippen molar-refractivity contribution < 1.29 is 51.6 Å². The van der Waals surface area contributed by atoms with Crippen LogP contribution in [-0.2, 0) is 27.3 Å². The molecule has 69 heavy (non-hydrogen) atoms. The van der Waals surface area contributed by atoms with Crippen molar-refractivity contribution in [3.63, 3.8) is 0 Å². The Kier molecular flexibility index (Phi) is 15.0. The van der Waals surface area contributed by atoms with Gasteiger partial charge in [0.1, 0.15) is 40.7 Å². The summed E-state index contributed by atoms with van der Waals surface area (Å²) in [6.07, 6.45) is 5.26. The molecule has 1 aromatic heterocycles. The van der Waals surface area contributed by atoms with Crippen molar-refractivity contribution in [2.45, 2.75) is 82.5 Å². The number of pyridine rings is 1. The number of hydrogen-bond acceptors (Lipinski definition) is 10. The lowest BCUT2D eigenvalue weighted by molar-refractivity contribution is -0.605. The van der Waals surface area contributed by atoms with Crippen molar-refractivity contribution in [3.8, 4) is 17.2 Å². The predicted octanol–water partition coefficient (Wildman–Crippen LogP) is 9.64. The van der Waals surface area contributed by atoms with E-state index in [9.17, 15) is 28.4 Å². The number of ether oxygens (including phenoxy) is 5. The number of nitrogens with zero attached hydrogens (tertiary/aromatic N) is 3. The topological polar surface area (TPSA) is 143 Å². The largest absolute Gasteiger partial charge is 0.619 e. The average Bonchev–Trinajstić information content (AvgIpc) is 4.05. The van der Waals surface area contributed by atoms with Crippen molar-refractivity contribution in [1.29, 1.82) is 0 Å². The molecule has 5 fully saturated rings. The van der Waals surface area contributed by atoms with Gasteiger partial charge >= 0.3 is 18.7 Å². The van der Waals surface area contributed by atoms with E-state index in [4.69, 9.17) is 46.9 Å². The Morgan fingerprint density at radius 3 is 2.28 bits per heavy atom. The molecule has 5 aromatic rings. The highest BCUT2D eigenvalue weighted by Crippen LogP contribution is 2.39. The minimum Gasteiger partial charge on any atom is -0.619 e. The number of nitrogens with one attached hydrogen (secondary N) is 1. The summed E-state index contributed by atoms with van der Waals surface area (Å²) in [5.74, 6) is 0.00184. The van der Waals surface area contributed by atoms with Gasteiger partial charge in [-0.15, -0.1) is 0 Å². The van der Waals surface area contributed by atoms with Crippen LogP contribution in [0.3, 0.4) is 0 Å². The summed E-state index contributed by atoms with van der Waals surface area (Å²) in [6.45, 7) is 0.433. The van der Waals surface area contributed by atoms with Crippen molar-refractivity contribution in [2.24, 2.45) is 11.8 Å². The van der Waals surface area contributed by atoms with Crippen LogP contribution in [0, 0.1) is 17.0 Å². The number of piperidine rings is 3. The van der Waals surface area contributed by atoms with Crippen molar-refractivity contribution >= 4 is 41.2 Å². The molecule has 13 nitrogen and oxygen atoms in total. The third-order valence-electron chi connectivity index (χ3n) is 13.2. The van der Waals surface area contributed by atoms with Crippen LogP contribution < -0.4 is 24.3 Å². The predicted molar refractivity (Wildman–Crippen MR) is 251 cm³/mol. The van der Waals surface area contributed by atoms with Crippen LogP contribution in [0.4, 0.5) is 13.6 Å². The van der Waals surface area contributed by atoms with Gasteiger partial charge in [0.2, 0.25) is 0 Å². The monoisotopic (exact) mass is 984 g/mol. The van der Waals surface area contributed by atoms with Gasteiger partial charge in [-0.3, -0.25) is 9.69 Å². The smallest absolute Gasteiger partial charge is 0.408 e. The summed E-state index contributed by atoms with van der Waals surface area (Å²) in [5.41, 5.74) is 3.41.